The third kappa shape index (κ3) is 8.84. The second-order valence-electron chi connectivity index (χ2n) is 7.17. The van der Waals surface area contributed by atoms with Gasteiger partial charge in [-0.1, -0.05) is 6.08 Å². The zero-order chi connectivity index (χ0) is 21.8. The number of nitrogens with zero attached hydrogens (tertiary/aromatic N) is 3. The molecule has 2 amide bonds. The third-order valence-corrected chi connectivity index (χ3v) is 4.66. The highest BCUT2D eigenvalue weighted by molar-refractivity contribution is 5.68. The molecular formula is C19H33N3O8. The summed E-state index contributed by atoms with van der Waals surface area (Å²) in [5.41, 5.74) is 0. The van der Waals surface area contributed by atoms with Crippen LogP contribution in [-0.4, -0.2) is 135 Å². The molecule has 2 aliphatic heterocycles. The summed E-state index contributed by atoms with van der Waals surface area (Å²) in [5, 5.41) is 20.4. The molecule has 2 fully saturated rings. The Kier molecular flexibility index (Phi) is 10.9. The Labute approximate surface area is 176 Å². The van der Waals surface area contributed by atoms with Crippen molar-refractivity contribution < 1.29 is 38.7 Å². The molecule has 2 aliphatic rings. The van der Waals surface area contributed by atoms with E-state index in [1.807, 2.05) is 0 Å². The van der Waals surface area contributed by atoms with Crippen molar-refractivity contribution in [1.29, 1.82) is 0 Å². The molecule has 2 rings (SSSR count). The average molecular weight is 431 g/mol. The van der Waals surface area contributed by atoms with Gasteiger partial charge in [0.1, 0.15) is 25.4 Å². The molecule has 0 radical (unpaired) electrons. The van der Waals surface area contributed by atoms with E-state index in [4.69, 9.17) is 18.9 Å². The standard InChI is InChI=1S/C19H33N3O8/c1-2-3-20(12-16(23)14-29-18(25)21-4-8-27-9-5-21)13-17(24)15-30-19(26)22-6-10-28-11-7-22/h2,16-17,23-24H,1,3-15H2. The fourth-order valence-electron chi connectivity index (χ4n) is 3.12. The minimum atomic E-state index is -0.932. The monoisotopic (exact) mass is 431 g/mol. The molecule has 2 heterocycles. The van der Waals surface area contributed by atoms with Crippen molar-refractivity contribution in [2.45, 2.75) is 12.2 Å². The number of rotatable bonds is 10. The predicted octanol–water partition coefficient (Wildman–Crippen LogP) is -0.866. The molecule has 30 heavy (non-hydrogen) atoms. The molecule has 0 aromatic rings. The van der Waals surface area contributed by atoms with Crippen LogP contribution in [0.3, 0.4) is 0 Å². The molecule has 0 spiro atoms. The molecular weight excluding hydrogens is 398 g/mol. The van der Waals surface area contributed by atoms with Gasteiger partial charge in [-0.15, -0.1) is 6.58 Å². The van der Waals surface area contributed by atoms with Gasteiger partial charge in [-0.05, 0) is 0 Å². The summed E-state index contributed by atoms with van der Waals surface area (Å²) in [7, 11) is 0. The van der Waals surface area contributed by atoms with Gasteiger partial charge in [-0.3, -0.25) is 4.90 Å². The van der Waals surface area contributed by atoms with E-state index in [0.29, 0.717) is 59.2 Å². The Bertz CT molecular complexity index is 496. The van der Waals surface area contributed by atoms with Crippen LogP contribution in [0.25, 0.3) is 0 Å². The quantitative estimate of drug-likeness (QED) is 0.425. The highest BCUT2D eigenvalue weighted by atomic mass is 16.6. The van der Waals surface area contributed by atoms with E-state index in [1.54, 1.807) is 11.0 Å². The summed E-state index contributed by atoms with van der Waals surface area (Å²) >= 11 is 0. The Morgan fingerprint density at radius 3 is 1.67 bits per heavy atom. The summed E-state index contributed by atoms with van der Waals surface area (Å²) in [4.78, 5) is 28.8. The second kappa shape index (κ2) is 13.4. The molecule has 0 bridgehead atoms. The first kappa shape index (κ1) is 24.4. The smallest absolute Gasteiger partial charge is 0.410 e. The molecule has 2 N–H and O–H groups in total. The summed E-state index contributed by atoms with van der Waals surface area (Å²) in [6.45, 7) is 7.83. The normalized spacial score (nSPS) is 19.3. The van der Waals surface area contributed by atoms with E-state index in [1.165, 1.54) is 9.80 Å². The van der Waals surface area contributed by atoms with Crippen molar-refractivity contribution in [3.63, 3.8) is 0 Å². The van der Waals surface area contributed by atoms with Gasteiger partial charge in [0.2, 0.25) is 0 Å². The van der Waals surface area contributed by atoms with Gasteiger partial charge >= 0.3 is 12.2 Å². The van der Waals surface area contributed by atoms with Gasteiger partial charge in [0.05, 0.1) is 26.4 Å². The predicted molar refractivity (Wildman–Crippen MR) is 106 cm³/mol. The maximum absolute atomic E-state index is 12.0. The molecule has 11 nitrogen and oxygen atoms in total. The first-order valence-electron chi connectivity index (χ1n) is 10.2. The van der Waals surface area contributed by atoms with Gasteiger partial charge in [-0.2, -0.15) is 0 Å². The Morgan fingerprint density at radius 2 is 1.30 bits per heavy atom. The van der Waals surface area contributed by atoms with Crippen molar-refractivity contribution in [1.82, 2.24) is 14.7 Å². The van der Waals surface area contributed by atoms with Crippen LogP contribution in [0.5, 0.6) is 0 Å². The van der Waals surface area contributed by atoms with Crippen LogP contribution in [0.1, 0.15) is 0 Å². The first-order chi connectivity index (χ1) is 14.5. The van der Waals surface area contributed by atoms with E-state index in [0.717, 1.165) is 0 Å². The van der Waals surface area contributed by atoms with E-state index < -0.39 is 24.4 Å². The minimum absolute atomic E-state index is 0.161. The van der Waals surface area contributed by atoms with Crippen molar-refractivity contribution in [3.8, 4) is 0 Å². The lowest BCUT2D eigenvalue weighted by atomic mass is 10.3. The highest BCUT2D eigenvalue weighted by Gasteiger charge is 2.22. The number of ether oxygens (including phenoxy) is 4. The SMILES string of the molecule is C=CCN(CC(O)COC(=O)N1CCOCC1)CC(O)COC(=O)N1CCOCC1. The number of morpholine rings is 2. The zero-order valence-corrected chi connectivity index (χ0v) is 17.3. The van der Waals surface area contributed by atoms with Crippen LogP contribution < -0.4 is 0 Å². The van der Waals surface area contributed by atoms with E-state index >= 15 is 0 Å². The van der Waals surface area contributed by atoms with Gasteiger partial charge < -0.3 is 39.0 Å². The number of aliphatic hydroxyl groups is 2. The summed E-state index contributed by atoms with van der Waals surface area (Å²) in [6.07, 6.45) is -1.19. The zero-order valence-electron chi connectivity index (χ0n) is 17.3. The fraction of sp³-hybridized carbons (Fsp3) is 0.789. The van der Waals surface area contributed by atoms with Gasteiger partial charge in [0.15, 0.2) is 0 Å². The summed E-state index contributed by atoms with van der Waals surface area (Å²) in [6, 6.07) is 0. The molecule has 0 saturated carbocycles. The van der Waals surface area contributed by atoms with E-state index in [2.05, 4.69) is 6.58 Å². The minimum Gasteiger partial charge on any atom is -0.447 e. The number of hydrogen-bond acceptors (Lipinski definition) is 9. The number of carbonyl (C=O) groups is 2. The number of hydrogen-bond donors (Lipinski definition) is 2. The van der Waals surface area contributed by atoms with E-state index in [9.17, 15) is 19.8 Å². The molecule has 172 valence electrons. The maximum atomic E-state index is 12.0. The Balaban J connectivity index is 1.68. The van der Waals surface area contributed by atoms with Gasteiger partial charge in [0, 0.05) is 45.8 Å². The van der Waals surface area contributed by atoms with E-state index in [-0.39, 0.29) is 26.3 Å². The summed E-state index contributed by atoms with van der Waals surface area (Å²) in [5.74, 6) is 0. The molecule has 0 aromatic heterocycles. The summed E-state index contributed by atoms with van der Waals surface area (Å²) < 4.78 is 20.7. The average Bonchev–Trinajstić information content (AvgIpc) is 2.77. The van der Waals surface area contributed by atoms with Crippen molar-refractivity contribution in [2.24, 2.45) is 0 Å². The van der Waals surface area contributed by atoms with Crippen LogP contribution in [0.4, 0.5) is 9.59 Å². The fourth-order valence-corrected chi connectivity index (χ4v) is 3.12. The highest BCUT2D eigenvalue weighted by Crippen LogP contribution is 2.04. The van der Waals surface area contributed by atoms with Crippen molar-refractivity contribution >= 4 is 12.2 Å². The third-order valence-electron chi connectivity index (χ3n) is 4.66. The second-order valence-corrected chi connectivity index (χ2v) is 7.17. The van der Waals surface area contributed by atoms with Crippen LogP contribution >= 0.6 is 0 Å². The van der Waals surface area contributed by atoms with Crippen LogP contribution in [-0.2, 0) is 18.9 Å². The lowest BCUT2D eigenvalue weighted by molar-refractivity contribution is -0.00856. The molecule has 0 aliphatic carbocycles. The van der Waals surface area contributed by atoms with Gasteiger partial charge in [0.25, 0.3) is 0 Å². The molecule has 2 saturated heterocycles. The Morgan fingerprint density at radius 1 is 0.900 bits per heavy atom. The van der Waals surface area contributed by atoms with Crippen LogP contribution in [0, 0.1) is 0 Å². The molecule has 2 atom stereocenters. The molecule has 11 heteroatoms. The lowest BCUT2D eigenvalue weighted by Crippen LogP contribution is -2.44. The Hall–Kier alpha value is -1.92. The first-order valence-corrected chi connectivity index (χ1v) is 10.2. The number of amides is 2. The topological polar surface area (TPSA) is 121 Å². The van der Waals surface area contributed by atoms with Crippen LogP contribution in [0.2, 0.25) is 0 Å². The largest absolute Gasteiger partial charge is 0.447 e. The number of aliphatic hydroxyl groups excluding tert-OH is 2. The van der Waals surface area contributed by atoms with Crippen molar-refractivity contribution in [3.05, 3.63) is 12.7 Å². The molecule has 2 unspecified atom stereocenters. The maximum Gasteiger partial charge on any atom is 0.410 e. The molecule has 0 aromatic carbocycles. The lowest BCUT2D eigenvalue weighted by Gasteiger charge is -2.29. The van der Waals surface area contributed by atoms with Crippen LogP contribution in [0.15, 0.2) is 12.7 Å². The number of carbonyl (C=O) groups excluding carboxylic acids is 2. The van der Waals surface area contributed by atoms with Crippen molar-refractivity contribution in [2.75, 3.05) is 85.5 Å². The van der Waals surface area contributed by atoms with Gasteiger partial charge in [-0.25, -0.2) is 9.59 Å².